The zero-order valence-electron chi connectivity index (χ0n) is 19.4. The molecule has 36 heavy (non-hydrogen) atoms. The second-order valence-electron chi connectivity index (χ2n) is 9.22. The smallest absolute Gasteiger partial charge is 0.349 e. The summed E-state index contributed by atoms with van der Waals surface area (Å²) in [4.78, 5) is 38.8. The predicted molar refractivity (Wildman–Crippen MR) is 124 cm³/mol. The molecule has 2 fully saturated rings. The van der Waals surface area contributed by atoms with Crippen LogP contribution in [0.2, 0.25) is 0 Å². The number of carbonyl (C=O) groups is 2. The molecule has 1 saturated carbocycles. The van der Waals surface area contributed by atoms with E-state index < -0.39 is 23.6 Å². The molecule has 4 rings (SSSR count). The van der Waals surface area contributed by atoms with Gasteiger partial charge in [0.1, 0.15) is 6.07 Å². The van der Waals surface area contributed by atoms with Gasteiger partial charge in [-0.25, -0.2) is 0 Å². The maximum Gasteiger partial charge on any atom is 0.416 e. The molecule has 2 amide bonds. The third kappa shape index (κ3) is 5.94. The Kier molecular flexibility index (Phi) is 7.45. The van der Waals surface area contributed by atoms with E-state index in [4.69, 9.17) is 5.26 Å². The maximum atomic E-state index is 12.8. The highest BCUT2D eigenvalue weighted by Crippen LogP contribution is 2.32. The molecule has 0 bridgehead atoms. The van der Waals surface area contributed by atoms with Crippen molar-refractivity contribution in [1.82, 2.24) is 20.1 Å². The van der Waals surface area contributed by atoms with Crippen LogP contribution in [0.4, 0.5) is 13.2 Å². The fraction of sp³-hybridized carbons (Fsp3) is 0.440. The van der Waals surface area contributed by atoms with Gasteiger partial charge in [0.15, 0.2) is 0 Å². The molecular formula is C25H26F3N5O3. The van der Waals surface area contributed by atoms with Gasteiger partial charge in [-0.2, -0.15) is 18.4 Å². The van der Waals surface area contributed by atoms with Gasteiger partial charge in [0.05, 0.1) is 23.7 Å². The van der Waals surface area contributed by atoms with Crippen LogP contribution in [0.25, 0.3) is 0 Å². The fourth-order valence-electron chi connectivity index (χ4n) is 4.84. The van der Waals surface area contributed by atoms with E-state index >= 15 is 0 Å². The summed E-state index contributed by atoms with van der Waals surface area (Å²) in [5.41, 5.74) is -0.732. The summed E-state index contributed by atoms with van der Waals surface area (Å²) in [6, 6.07) is 9.42. The second-order valence-corrected chi connectivity index (χ2v) is 9.22. The first kappa shape index (κ1) is 25.4. The number of hydrogen-bond donors (Lipinski definition) is 2. The molecule has 8 nitrogen and oxygen atoms in total. The number of likely N-dealkylation sites (tertiary alicyclic amines) is 1. The summed E-state index contributed by atoms with van der Waals surface area (Å²) in [5.74, 6) is -1.15. The number of amides is 2. The van der Waals surface area contributed by atoms with Gasteiger partial charge in [-0.1, -0.05) is 6.07 Å². The van der Waals surface area contributed by atoms with Crippen LogP contribution in [0.5, 0.6) is 0 Å². The second kappa shape index (κ2) is 10.5. The van der Waals surface area contributed by atoms with Crippen molar-refractivity contribution in [3.8, 4) is 6.07 Å². The summed E-state index contributed by atoms with van der Waals surface area (Å²) in [6.07, 6.45) is 0.532. The van der Waals surface area contributed by atoms with Gasteiger partial charge in [-0.15, -0.1) is 0 Å². The molecule has 2 N–H and O–H groups in total. The summed E-state index contributed by atoms with van der Waals surface area (Å²) in [5, 5.41) is 14.3. The molecule has 1 aromatic heterocycles. The van der Waals surface area contributed by atoms with Crippen molar-refractivity contribution in [1.29, 1.82) is 5.26 Å². The molecule has 1 aliphatic carbocycles. The third-order valence-electron chi connectivity index (χ3n) is 6.78. The van der Waals surface area contributed by atoms with Crippen LogP contribution in [0.15, 0.2) is 47.4 Å². The largest absolute Gasteiger partial charge is 0.416 e. The summed E-state index contributed by atoms with van der Waals surface area (Å²) < 4.78 is 40.1. The van der Waals surface area contributed by atoms with E-state index in [1.54, 1.807) is 10.8 Å². The lowest BCUT2D eigenvalue weighted by atomic mass is 9.87. The number of halogens is 3. The fourth-order valence-corrected chi connectivity index (χ4v) is 4.84. The van der Waals surface area contributed by atoms with Gasteiger partial charge in [0.2, 0.25) is 5.91 Å². The third-order valence-corrected chi connectivity index (χ3v) is 6.78. The number of rotatable bonds is 6. The lowest BCUT2D eigenvalue weighted by Gasteiger charge is -2.46. The number of nitrogens with zero attached hydrogens (tertiary/aromatic N) is 3. The molecule has 2 heterocycles. The Morgan fingerprint density at radius 3 is 2.42 bits per heavy atom. The van der Waals surface area contributed by atoms with E-state index in [1.807, 2.05) is 0 Å². The van der Waals surface area contributed by atoms with E-state index in [2.05, 4.69) is 21.6 Å². The zero-order valence-corrected chi connectivity index (χ0v) is 19.4. The van der Waals surface area contributed by atoms with E-state index in [1.165, 1.54) is 18.2 Å². The molecule has 0 unspecified atom stereocenters. The number of benzene rings is 1. The SMILES string of the molecule is N#Cc1ccc(=O)n([C@H]2CC[C@@H](N3CC(NC(=O)CNC(=O)c4cccc(C(F)(F)F)c4)C3)CC2)c1. The van der Waals surface area contributed by atoms with Crippen LogP contribution in [0, 0.1) is 11.3 Å². The molecular weight excluding hydrogens is 475 g/mol. The molecule has 190 valence electrons. The number of carbonyl (C=O) groups excluding carboxylic acids is 2. The summed E-state index contributed by atoms with van der Waals surface area (Å²) in [7, 11) is 0. The normalized spacial score (nSPS) is 20.7. The highest BCUT2D eigenvalue weighted by molar-refractivity contribution is 5.96. The Bertz CT molecular complexity index is 1220. The van der Waals surface area contributed by atoms with Gasteiger partial charge in [-0.05, 0) is 49.9 Å². The van der Waals surface area contributed by atoms with Gasteiger partial charge in [-0.3, -0.25) is 19.3 Å². The van der Waals surface area contributed by atoms with Crippen molar-refractivity contribution in [3.05, 3.63) is 69.6 Å². The van der Waals surface area contributed by atoms with E-state index in [0.29, 0.717) is 24.7 Å². The number of nitriles is 1. The van der Waals surface area contributed by atoms with Crippen molar-refractivity contribution in [3.63, 3.8) is 0 Å². The highest BCUT2D eigenvalue weighted by Gasteiger charge is 2.36. The van der Waals surface area contributed by atoms with Gasteiger partial charge in [0.25, 0.3) is 11.5 Å². The monoisotopic (exact) mass is 501 g/mol. The summed E-state index contributed by atoms with van der Waals surface area (Å²) in [6.45, 7) is 1.02. The number of hydrogen-bond acceptors (Lipinski definition) is 5. The molecule has 0 atom stereocenters. The minimum Gasteiger partial charge on any atom is -0.349 e. The van der Waals surface area contributed by atoms with Crippen LogP contribution in [-0.2, 0) is 11.0 Å². The molecule has 2 aromatic rings. The Morgan fingerprint density at radius 1 is 1.06 bits per heavy atom. The Balaban J connectivity index is 1.18. The Labute approximate surface area is 205 Å². The first-order valence-electron chi connectivity index (χ1n) is 11.7. The van der Waals surface area contributed by atoms with E-state index in [0.717, 1.165) is 43.9 Å². The van der Waals surface area contributed by atoms with Gasteiger partial charge < -0.3 is 15.2 Å². The molecule has 1 aromatic carbocycles. The molecule has 0 spiro atoms. The zero-order chi connectivity index (χ0) is 25.9. The first-order valence-corrected chi connectivity index (χ1v) is 11.7. The van der Waals surface area contributed by atoms with Crippen molar-refractivity contribution in [2.45, 2.75) is 50.0 Å². The van der Waals surface area contributed by atoms with Crippen molar-refractivity contribution >= 4 is 11.8 Å². The standard InChI is InChI=1S/C25H26F3N5O3/c26-25(27,28)18-3-1-2-17(10-18)24(36)30-12-22(34)31-19-14-32(15-19)20-5-7-21(8-6-20)33-13-16(11-29)4-9-23(33)35/h1-4,9-10,13,19-21H,5-8,12,14-15H2,(H,30,36)(H,31,34)/t20-,21+. The van der Waals surface area contributed by atoms with Crippen LogP contribution >= 0.6 is 0 Å². The van der Waals surface area contributed by atoms with Gasteiger partial charge >= 0.3 is 6.18 Å². The van der Waals surface area contributed by atoms with Crippen LogP contribution in [0.1, 0.15) is 53.2 Å². The quantitative estimate of drug-likeness (QED) is 0.633. The Hall–Kier alpha value is -3.65. The molecule has 1 aliphatic heterocycles. The topological polar surface area (TPSA) is 107 Å². The maximum absolute atomic E-state index is 12.8. The van der Waals surface area contributed by atoms with Crippen LogP contribution in [0.3, 0.4) is 0 Å². The van der Waals surface area contributed by atoms with Crippen molar-refractivity contribution < 1.29 is 22.8 Å². The number of nitrogens with one attached hydrogen (secondary N) is 2. The number of pyridine rings is 1. The summed E-state index contributed by atoms with van der Waals surface area (Å²) >= 11 is 0. The predicted octanol–water partition coefficient (Wildman–Crippen LogP) is 2.45. The average Bonchev–Trinajstić information content (AvgIpc) is 2.84. The minimum atomic E-state index is -4.55. The average molecular weight is 502 g/mol. The molecule has 0 radical (unpaired) electrons. The van der Waals surface area contributed by atoms with Crippen LogP contribution < -0.4 is 16.2 Å². The lowest BCUT2D eigenvalue weighted by molar-refractivity contribution is -0.137. The Morgan fingerprint density at radius 2 is 1.75 bits per heavy atom. The van der Waals surface area contributed by atoms with Crippen molar-refractivity contribution in [2.75, 3.05) is 19.6 Å². The van der Waals surface area contributed by atoms with E-state index in [9.17, 15) is 27.6 Å². The van der Waals surface area contributed by atoms with Gasteiger partial charge in [0, 0.05) is 43.0 Å². The highest BCUT2D eigenvalue weighted by atomic mass is 19.4. The number of aromatic nitrogens is 1. The minimum absolute atomic E-state index is 0.0596. The molecule has 11 heteroatoms. The first-order chi connectivity index (χ1) is 17.1. The molecule has 1 saturated heterocycles. The van der Waals surface area contributed by atoms with E-state index in [-0.39, 0.29) is 29.8 Å². The van der Waals surface area contributed by atoms with Crippen LogP contribution in [-0.4, -0.2) is 53.0 Å². The van der Waals surface area contributed by atoms with Crippen molar-refractivity contribution in [2.24, 2.45) is 0 Å². The lowest BCUT2D eigenvalue weighted by Crippen LogP contribution is -2.63. The number of alkyl halides is 3. The molecule has 2 aliphatic rings.